The summed E-state index contributed by atoms with van der Waals surface area (Å²) in [7, 11) is 0. The average Bonchev–Trinajstić information content (AvgIpc) is 2.14. The Balaban J connectivity index is -0.0000000140. The Hall–Kier alpha value is -0.484. The second-order valence-electron chi connectivity index (χ2n) is 1.43. The van der Waals surface area contributed by atoms with Crippen molar-refractivity contribution in [1.82, 2.24) is 0 Å². The Morgan fingerprint density at radius 1 is 1.07 bits per heavy atom. The monoisotopic (exact) mass is 252 g/mol. The first-order valence-corrected chi connectivity index (χ1v) is 2.17. The van der Waals surface area contributed by atoms with E-state index < -0.39 is 0 Å². The van der Waals surface area contributed by atoms with E-state index in [2.05, 4.69) is 0 Å². The molecule has 0 N–H and O–H groups in total. The largest absolute Gasteiger partial charge is 0.419 e. The van der Waals surface area contributed by atoms with Crippen molar-refractivity contribution in [2.45, 2.75) is 6.42 Å². The molecule has 0 unspecified atom stereocenters. The second kappa shape index (κ2) is 29.4. The van der Waals surface area contributed by atoms with E-state index in [1.165, 1.54) is 0 Å². The predicted octanol–water partition coefficient (Wildman–Crippen LogP) is 3.09. The SMILES string of the molecule is F.F.O=[C-]C1=CC=CC1.[CH3-].[CH3-].[CH3-].[CH3-].[Co]. The van der Waals surface area contributed by atoms with Crippen LogP contribution in [0.3, 0.4) is 0 Å². The molecular weight excluding hydrogens is 233 g/mol. The number of hydrogen-bond acceptors (Lipinski definition) is 1. The molecule has 0 heterocycles. The summed E-state index contributed by atoms with van der Waals surface area (Å²) in [6.07, 6.45) is 8.14. The standard InChI is InChI=1S/C6H5O.4CH3.Co.2FH/c7-5-6-3-1-2-4-6;;;;;;;/h1-3H,4H2;4*1H3;;2*1H/q5*-1;;;. The van der Waals surface area contributed by atoms with Gasteiger partial charge in [0.05, 0.1) is 0 Å². The number of carbonyl (C=O) groups excluding carboxylic acids is 1. The third kappa shape index (κ3) is 17.6. The van der Waals surface area contributed by atoms with Crippen LogP contribution in [0.5, 0.6) is 0 Å². The molecule has 0 saturated heterocycles. The van der Waals surface area contributed by atoms with E-state index in [0.717, 1.165) is 12.0 Å². The Labute approximate surface area is 97.6 Å². The first-order valence-electron chi connectivity index (χ1n) is 2.17. The summed E-state index contributed by atoms with van der Waals surface area (Å²) < 4.78 is 0. The minimum absolute atomic E-state index is 0. The maximum absolute atomic E-state index is 9.77. The maximum Gasteiger partial charge on any atom is 0 e. The van der Waals surface area contributed by atoms with Crippen LogP contribution in [0.25, 0.3) is 0 Å². The van der Waals surface area contributed by atoms with Crippen LogP contribution in [0.1, 0.15) is 6.42 Å². The van der Waals surface area contributed by atoms with Crippen molar-refractivity contribution >= 4 is 6.29 Å². The molecule has 0 fully saturated rings. The first-order chi connectivity index (χ1) is 3.43. The predicted molar refractivity (Wildman–Crippen MR) is 58.2 cm³/mol. The Morgan fingerprint density at radius 3 is 1.64 bits per heavy atom. The van der Waals surface area contributed by atoms with E-state index >= 15 is 0 Å². The normalized spacial score (nSPS) is 8.43. The molecule has 0 saturated carbocycles. The van der Waals surface area contributed by atoms with Crippen LogP contribution in [0.15, 0.2) is 23.8 Å². The molecule has 0 aromatic rings. The van der Waals surface area contributed by atoms with Crippen molar-refractivity contribution in [3.05, 3.63) is 53.5 Å². The molecule has 0 amide bonds. The van der Waals surface area contributed by atoms with Gasteiger partial charge in [-0.05, 0) is 12.7 Å². The molecular formula is C10H19CoF2O-5. The summed E-state index contributed by atoms with van der Waals surface area (Å²) in [5, 5.41) is 0. The van der Waals surface area contributed by atoms with Gasteiger partial charge in [0.2, 0.25) is 0 Å². The fourth-order valence-electron chi connectivity index (χ4n) is 0.523. The number of hydrogen-bond donors (Lipinski definition) is 0. The molecule has 0 bridgehead atoms. The molecule has 1 aliphatic carbocycles. The maximum atomic E-state index is 9.77. The Morgan fingerprint density at radius 2 is 1.50 bits per heavy atom. The van der Waals surface area contributed by atoms with Crippen molar-refractivity contribution in [3.63, 3.8) is 0 Å². The van der Waals surface area contributed by atoms with Crippen LogP contribution in [-0.4, -0.2) is 6.29 Å². The van der Waals surface area contributed by atoms with E-state index in [1.54, 1.807) is 6.08 Å². The van der Waals surface area contributed by atoms with Crippen molar-refractivity contribution in [2.24, 2.45) is 0 Å². The average molecular weight is 252 g/mol. The zero-order chi connectivity index (χ0) is 5.11. The van der Waals surface area contributed by atoms with Crippen molar-refractivity contribution in [3.8, 4) is 0 Å². The van der Waals surface area contributed by atoms with Gasteiger partial charge >= 0.3 is 0 Å². The van der Waals surface area contributed by atoms with Crippen molar-refractivity contribution in [1.29, 1.82) is 0 Å². The molecule has 4 heteroatoms. The third-order valence-electron chi connectivity index (χ3n) is 0.902. The second-order valence-corrected chi connectivity index (χ2v) is 1.43. The zero-order valence-electron chi connectivity index (χ0n) is 9.00. The molecule has 0 atom stereocenters. The van der Waals surface area contributed by atoms with Gasteiger partial charge in [-0.2, -0.15) is 5.57 Å². The van der Waals surface area contributed by atoms with Crippen molar-refractivity contribution < 1.29 is 31.0 Å². The van der Waals surface area contributed by atoms with E-state index in [1.807, 2.05) is 18.4 Å². The van der Waals surface area contributed by atoms with Gasteiger partial charge in [0.15, 0.2) is 0 Å². The molecule has 1 aliphatic rings. The van der Waals surface area contributed by atoms with Crippen LogP contribution >= 0.6 is 0 Å². The van der Waals surface area contributed by atoms with Crippen LogP contribution in [0.4, 0.5) is 9.41 Å². The molecule has 1 radical (unpaired) electrons. The fourth-order valence-corrected chi connectivity index (χ4v) is 0.523. The molecule has 0 aromatic heterocycles. The summed E-state index contributed by atoms with van der Waals surface area (Å²) in [5.41, 5.74) is 0.750. The number of halogens is 2. The topological polar surface area (TPSA) is 17.1 Å². The molecule has 0 aromatic carbocycles. The van der Waals surface area contributed by atoms with E-state index in [4.69, 9.17) is 0 Å². The molecule has 14 heavy (non-hydrogen) atoms. The van der Waals surface area contributed by atoms with Gasteiger partial charge in [-0.25, -0.2) is 6.08 Å². The van der Waals surface area contributed by atoms with Crippen LogP contribution in [-0.2, 0) is 21.6 Å². The summed E-state index contributed by atoms with van der Waals surface area (Å²) in [6.45, 7) is 0. The van der Waals surface area contributed by atoms with Gasteiger partial charge in [-0.15, -0.1) is 12.2 Å². The van der Waals surface area contributed by atoms with E-state index in [0.29, 0.717) is 0 Å². The Bertz CT molecular complexity index is 145. The molecule has 0 aliphatic heterocycles. The third-order valence-corrected chi connectivity index (χ3v) is 0.902. The minimum atomic E-state index is 0. The molecule has 0 spiro atoms. The van der Waals surface area contributed by atoms with Gasteiger partial charge < -0.3 is 34.5 Å². The number of allylic oxidation sites excluding steroid dienone is 4. The first kappa shape index (κ1) is 49.9. The van der Waals surface area contributed by atoms with E-state index in [9.17, 15) is 4.79 Å². The van der Waals surface area contributed by atoms with Gasteiger partial charge in [0.25, 0.3) is 0 Å². The minimum Gasteiger partial charge on any atom is -0.419 e. The smallest absolute Gasteiger partial charge is 0 e. The summed E-state index contributed by atoms with van der Waals surface area (Å²) in [4.78, 5) is 9.77. The molecule has 1 nitrogen and oxygen atoms in total. The molecule has 93 valence electrons. The quantitative estimate of drug-likeness (QED) is 0.655. The zero-order valence-corrected chi connectivity index (χ0v) is 10.0. The van der Waals surface area contributed by atoms with Crippen LogP contribution in [0, 0.1) is 29.7 Å². The van der Waals surface area contributed by atoms with Gasteiger partial charge in [-0.3, -0.25) is 9.41 Å². The van der Waals surface area contributed by atoms with Crippen molar-refractivity contribution in [2.75, 3.05) is 0 Å². The van der Waals surface area contributed by atoms with Crippen LogP contribution in [0.2, 0.25) is 0 Å². The number of rotatable bonds is 1. The molecule has 1 rings (SSSR count). The Kier molecular flexibility index (Phi) is 105. The fraction of sp³-hybridized carbons (Fsp3) is 0.100. The van der Waals surface area contributed by atoms with Gasteiger partial charge in [0, 0.05) is 16.8 Å². The van der Waals surface area contributed by atoms with Gasteiger partial charge in [-0.1, -0.05) is 0 Å². The summed E-state index contributed by atoms with van der Waals surface area (Å²) in [5.74, 6) is 0. The summed E-state index contributed by atoms with van der Waals surface area (Å²) >= 11 is 0. The summed E-state index contributed by atoms with van der Waals surface area (Å²) in [6, 6.07) is 0. The van der Waals surface area contributed by atoms with E-state index in [-0.39, 0.29) is 55.9 Å². The van der Waals surface area contributed by atoms with Gasteiger partial charge in [0.1, 0.15) is 0 Å². The van der Waals surface area contributed by atoms with Crippen LogP contribution < -0.4 is 0 Å².